The SMILES string of the molecule is O=[N+]([O-])c1ccc2[nH]c(Oc3ccccc3)nc2c1. The molecule has 0 aliphatic heterocycles. The first kappa shape index (κ1) is 11.2. The van der Waals surface area contributed by atoms with Gasteiger partial charge in [0.1, 0.15) is 5.75 Å². The molecule has 19 heavy (non-hydrogen) atoms. The van der Waals surface area contributed by atoms with Crippen LogP contribution in [0.25, 0.3) is 11.0 Å². The number of benzene rings is 2. The lowest BCUT2D eigenvalue weighted by atomic mass is 10.3. The van der Waals surface area contributed by atoms with E-state index in [0.29, 0.717) is 22.8 Å². The largest absolute Gasteiger partial charge is 0.426 e. The highest BCUT2D eigenvalue weighted by Crippen LogP contribution is 2.24. The van der Waals surface area contributed by atoms with Crippen molar-refractivity contribution in [2.75, 3.05) is 0 Å². The van der Waals surface area contributed by atoms with Gasteiger partial charge in [0.25, 0.3) is 11.7 Å². The standard InChI is InChI=1S/C13H9N3O3/c17-16(18)9-6-7-11-12(8-9)15-13(14-11)19-10-4-2-1-3-5-10/h1-8H,(H,14,15). The van der Waals surface area contributed by atoms with E-state index in [2.05, 4.69) is 9.97 Å². The minimum absolute atomic E-state index is 0.00487. The number of nitro groups is 1. The maximum absolute atomic E-state index is 10.7. The number of nitrogens with one attached hydrogen (secondary N) is 1. The van der Waals surface area contributed by atoms with Crippen LogP contribution in [0, 0.1) is 10.1 Å². The number of non-ortho nitro benzene ring substituents is 1. The Morgan fingerprint density at radius 1 is 1.16 bits per heavy atom. The van der Waals surface area contributed by atoms with Crippen LogP contribution >= 0.6 is 0 Å². The molecule has 0 radical (unpaired) electrons. The lowest BCUT2D eigenvalue weighted by molar-refractivity contribution is -0.384. The van der Waals surface area contributed by atoms with Gasteiger partial charge < -0.3 is 9.72 Å². The summed E-state index contributed by atoms with van der Waals surface area (Å²) in [7, 11) is 0. The molecule has 6 nitrogen and oxygen atoms in total. The molecule has 0 amide bonds. The summed E-state index contributed by atoms with van der Waals surface area (Å²) in [6, 6.07) is 13.9. The number of ether oxygens (including phenoxy) is 1. The van der Waals surface area contributed by atoms with Crippen LogP contribution in [0.3, 0.4) is 0 Å². The molecule has 1 N–H and O–H groups in total. The van der Waals surface area contributed by atoms with Gasteiger partial charge >= 0.3 is 0 Å². The average Bonchev–Trinajstić information content (AvgIpc) is 2.80. The number of nitrogens with zero attached hydrogens (tertiary/aromatic N) is 2. The number of rotatable bonds is 3. The fourth-order valence-electron chi connectivity index (χ4n) is 1.73. The summed E-state index contributed by atoms with van der Waals surface area (Å²) in [6.45, 7) is 0. The Balaban J connectivity index is 1.95. The van der Waals surface area contributed by atoms with Crippen molar-refractivity contribution in [3.05, 3.63) is 58.6 Å². The van der Waals surface area contributed by atoms with Crippen LogP contribution in [0.1, 0.15) is 0 Å². The van der Waals surface area contributed by atoms with Gasteiger partial charge in [0.05, 0.1) is 16.0 Å². The van der Waals surface area contributed by atoms with Crippen molar-refractivity contribution < 1.29 is 9.66 Å². The van der Waals surface area contributed by atoms with Crippen LogP contribution < -0.4 is 4.74 Å². The Kier molecular flexibility index (Phi) is 2.60. The van der Waals surface area contributed by atoms with E-state index in [1.807, 2.05) is 18.2 Å². The highest BCUT2D eigenvalue weighted by atomic mass is 16.6. The van der Waals surface area contributed by atoms with Crippen molar-refractivity contribution in [3.63, 3.8) is 0 Å². The van der Waals surface area contributed by atoms with E-state index >= 15 is 0 Å². The molecule has 0 saturated heterocycles. The first-order valence-corrected chi connectivity index (χ1v) is 5.59. The predicted molar refractivity (Wildman–Crippen MR) is 69.3 cm³/mol. The Morgan fingerprint density at radius 3 is 2.68 bits per heavy atom. The van der Waals surface area contributed by atoms with E-state index in [1.165, 1.54) is 12.1 Å². The molecule has 0 aliphatic carbocycles. The maximum Gasteiger partial charge on any atom is 0.300 e. The molecular formula is C13H9N3O3. The number of hydrogen-bond acceptors (Lipinski definition) is 4. The van der Waals surface area contributed by atoms with E-state index in [-0.39, 0.29) is 5.69 Å². The molecule has 1 aromatic heterocycles. The van der Waals surface area contributed by atoms with Gasteiger partial charge in [0.15, 0.2) is 0 Å². The fraction of sp³-hybridized carbons (Fsp3) is 0. The van der Waals surface area contributed by atoms with E-state index in [9.17, 15) is 10.1 Å². The summed E-state index contributed by atoms with van der Waals surface area (Å²) in [5, 5.41) is 10.7. The molecule has 0 bridgehead atoms. The van der Waals surface area contributed by atoms with Gasteiger partial charge in [-0.15, -0.1) is 0 Å². The second-order valence-electron chi connectivity index (χ2n) is 3.92. The zero-order valence-electron chi connectivity index (χ0n) is 9.74. The van der Waals surface area contributed by atoms with Crippen LogP contribution in [0.2, 0.25) is 0 Å². The third-order valence-corrected chi connectivity index (χ3v) is 2.61. The van der Waals surface area contributed by atoms with Crippen molar-refractivity contribution in [3.8, 4) is 11.8 Å². The number of para-hydroxylation sites is 1. The molecule has 0 unspecified atom stereocenters. The Morgan fingerprint density at radius 2 is 1.95 bits per heavy atom. The normalized spacial score (nSPS) is 10.5. The number of aromatic amines is 1. The zero-order chi connectivity index (χ0) is 13.2. The molecule has 0 saturated carbocycles. The lowest BCUT2D eigenvalue weighted by Crippen LogP contribution is -1.86. The molecule has 3 aromatic rings. The minimum atomic E-state index is -0.453. The van der Waals surface area contributed by atoms with E-state index < -0.39 is 4.92 Å². The Hall–Kier alpha value is -2.89. The number of nitro benzene ring substituents is 1. The number of fused-ring (bicyclic) bond motifs is 1. The molecule has 6 heteroatoms. The summed E-state index contributed by atoms with van der Waals surface area (Å²) < 4.78 is 5.53. The quantitative estimate of drug-likeness (QED) is 0.575. The van der Waals surface area contributed by atoms with Crippen LogP contribution in [0.4, 0.5) is 5.69 Å². The second kappa shape index (κ2) is 4.41. The molecule has 0 fully saturated rings. The molecule has 0 atom stereocenters. The van der Waals surface area contributed by atoms with Crippen molar-refractivity contribution >= 4 is 16.7 Å². The smallest absolute Gasteiger partial charge is 0.300 e. The zero-order valence-corrected chi connectivity index (χ0v) is 9.74. The van der Waals surface area contributed by atoms with E-state index in [4.69, 9.17) is 4.74 Å². The number of aromatic nitrogens is 2. The van der Waals surface area contributed by atoms with Crippen LogP contribution in [0.5, 0.6) is 11.8 Å². The molecule has 94 valence electrons. The van der Waals surface area contributed by atoms with Crippen LogP contribution in [-0.4, -0.2) is 14.9 Å². The molecule has 1 heterocycles. The molecule has 0 aliphatic rings. The van der Waals surface area contributed by atoms with Crippen molar-refractivity contribution in [1.29, 1.82) is 0 Å². The molecule has 0 spiro atoms. The minimum Gasteiger partial charge on any atom is -0.426 e. The first-order valence-electron chi connectivity index (χ1n) is 5.59. The van der Waals surface area contributed by atoms with Gasteiger partial charge in [-0.2, -0.15) is 4.98 Å². The van der Waals surface area contributed by atoms with Gasteiger partial charge in [-0.1, -0.05) is 18.2 Å². The lowest BCUT2D eigenvalue weighted by Gasteiger charge is -1.99. The highest BCUT2D eigenvalue weighted by Gasteiger charge is 2.10. The summed E-state index contributed by atoms with van der Waals surface area (Å²) in [5.74, 6) is 0.649. The van der Waals surface area contributed by atoms with Gasteiger partial charge in [0, 0.05) is 12.1 Å². The highest BCUT2D eigenvalue weighted by molar-refractivity contribution is 5.78. The Bertz CT molecular complexity index is 737. The number of H-pyrrole nitrogens is 1. The fourth-order valence-corrected chi connectivity index (χ4v) is 1.73. The maximum atomic E-state index is 10.7. The predicted octanol–water partition coefficient (Wildman–Crippen LogP) is 3.26. The average molecular weight is 255 g/mol. The topological polar surface area (TPSA) is 81.0 Å². The van der Waals surface area contributed by atoms with Gasteiger partial charge in [-0.3, -0.25) is 10.1 Å². The molecule has 2 aromatic carbocycles. The third kappa shape index (κ3) is 2.23. The summed E-state index contributed by atoms with van der Waals surface area (Å²) in [5.41, 5.74) is 1.20. The van der Waals surface area contributed by atoms with Gasteiger partial charge in [-0.05, 0) is 18.2 Å². The van der Waals surface area contributed by atoms with Gasteiger partial charge in [0.2, 0.25) is 0 Å². The number of hydrogen-bond donors (Lipinski definition) is 1. The monoisotopic (exact) mass is 255 g/mol. The summed E-state index contributed by atoms with van der Waals surface area (Å²) in [4.78, 5) is 17.3. The van der Waals surface area contributed by atoms with Gasteiger partial charge in [-0.25, -0.2) is 0 Å². The Labute approximate surface area is 107 Å². The third-order valence-electron chi connectivity index (χ3n) is 2.61. The van der Waals surface area contributed by atoms with E-state index in [1.54, 1.807) is 18.2 Å². The van der Waals surface area contributed by atoms with E-state index in [0.717, 1.165) is 0 Å². The second-order valence-corrected chi connectivity index (χ2v) is 3.92. The van der Waals surface area contributed by atoms with Crippen molar-refractivity contribution in [2.24, 2.45) is 0 Å². The van der Waals surface area contributed by atoms with Crippen molar-refractivity contribution in [2.45, 2.75) is 0 Å². The van der Waals surface area contributed by atoms with Crippen LogP contribution in [0.15, 0.2) is 48.5 Å². The van der Waals surface area contributed by atoms with Crippen LogP contribution in [-0.2, 0) is 0 Å². The first-order chi connectivity index (χ1) is 9.22. The van der Waals surface area contributed by atoms with Crippen molar-refractivity contribution in [1.82, 2.24) is 9.97 Å². The number of imidazole rings is 1. The molecule has 3 rings (SSSR count). The summed E-state index contributed by atoms with van der Waals surface area (Å²) >= 11 is 0. The molecular weight excluding hydrogens is 246 g/mol. The summed E-state index contributed by atoms with van der Waals surface area (Å²) in [6.07, 6.45) is 0.